The Morgan fingerprint density at radius 1 is 1.28 bits per heavy atom. The van der Waals surface area contributed by atoms with Crippen LogP contribution in [0.15, 0.2) is 18.2 Å². The number of hydrogen-bond donors (Lipinski definition) is 2. The van der Waals surface area contributed by atoms with Gasteiger partial charge >= 0.3 is 0 Å². The second kappa shape index (κ2) is 4.52. The molecule has 1 aromatic carbocycles. The van der Waals surface area contributed by atoms with Gasteiger partial charge in [0, 0.05) is 30.2 Å². The van der Waals surface area contributed by atoms with Gasteiger partial charge in [0.25, 0.3) is 0 Å². The van der Waals surface area contributed by atoms with Crippen molar-refractivity contribution in [3.63, 3.8) is 0 Å². The number of hydrogen-bond acceptors (Lipinski definition) is 3. The van der Waals surface area contributed by atoms with Gasteiger partial charge in [-0.15, -0.1) is 0 Å². The zero-order valence-corrected chi connectivity index (χ0v) is 10.3. The first-order valence-electron chi connectivity index (χ1n) is 6.62. The summed E-state index contributed by atoms with van der Waals surface area (Å²) in [6, 6.07) is 5.47. The molecule has 2 atom stereocenters. The van der Waals surface area contributed by atoms with Crippen molar-refractivity contribution in [3.05, 3.63) is 29.6 Å². The van der Waals surface area contributed by atoms with E-state index in [1.807, 2.05) is 0 Å². The molecular weight excluding hydrogens is 231 g/mol. The molecule has 3 N–H and O–H groups in total. The largest absolute Gasteiger partial charge is 0.508 e. The monoisotopic (exact) mass is 250 g/mol. The molecule has 0 spiro atoms. The Hall–Kier alpha value is -1.13. The summed E-state index contributed by atoms with van der Waals surface area (Å²) in [4.78, 5) is 2.39. The maximum Gasteiger partial charge on any atom is 0.123 e. The van der Waals surface area contributed by atoms with Gasteiger partial charge in [-0.3, -0.25) is 4.90 Å². The third-order valence-electron chi connectivity index (χ3n) is 4.32. The lowest BCUT2D eigenvalue weighted by Gasteiger charge is -2.37. The number of phenolic OH excluding ortho intramolecular Hbond substituents is 1. The number of fused-ring (bicyclic) bond motifs is 2. The second-order valence-electron chi connectivity index (χ2n) is 5.56. The van der Waals surface area contributed by atoms with E-state index in [0.717, 1.165) is 12.8 Å². The Bertz CT molecular complexity index is 437. The Balaban J connectivity index is 1.79. The predicted octanol–water partition coefficient (Wildman–Crippen LogP) is 1.99. The van der Waals surface area contributed by atoms with Crippen molar-refractivity contribution in [2.75, 3.05) is 0 Å². The number of halogens is 1. The number of nitrogens with two attached hydrogens (primary N) is 1. The molecule has 0 aromatic heterocycles. The number of rotatable bonds is 2. The summed E-state index contributed by atoms with van der Waals surface area (Å²) in [5.41, 5.74) is 6.71. The summed E-state index contributed by atoms with van der Waals surface area (Å²) in [7, 11) is 0. The van der Waals surface area contributed by atoms with Gasteiger partial charge < -0.3 is 10.8 Å². The molecule has 0 aliphatic carbocycles. The van der Waals surface area contributed by atoms with Gasteiger partial charge in [-0.05, 0) is 43.9 Å². The van der Waals surface area contributed by atoms with Crippen molar-refractivity contribution in [3.8, 4) is 5.75 Å². The van der Waals surface area contributed by atoms with Gasteiger partial charge in [0.1, 0.15) is 11.6 Å². The summed E-state index contributed by atoms with van der Waals surface area (Å²) in [6.45, 7) is 0.631. The Morgan fingerprint density at radius 3 is 2.61 bits per heavy atom. The van der Waals surface area contributed by atoms with E-state index in [4.69, 9.17) is 5.73 Å². The summed E-state index contributed by atoms with van der Waals surface area (Å²) in [5, 5.41) is 9.79. The van der Waals surface area contributed by atoms with E-state index in [2.05, 4.69) is 4.90 Å². The topological polar surface area (TPSA) is 49.5 Å². The normalized spacial score (nSPS) is 31.8. The van der Waals surface area contributed by atoms with Crippen molar-refractivity contribution in [2.24, 2.45) is 5.73 Å². The van der Waals surface area contributed by atoms with Crippen LogP contribution in [0.3, 0.4) is 0 Å². The molecule has 3 rings (SSSR count). The highest BCUT2D eigenvalue weighted by molar-refractivity contribution is 5.32. The molecule has 0 saturated carbocycles. The minimum absolute atomic E-state index is 0.186. The van der Waals surface area contributed by atoms with Crippen LogP contribution in [0.25, 0.3) is 0 Å². The van der Waals surface area contributed by atoms with E-state index in [1.165, 1.54) is 31.0 Å². The fourth-order valence-corrected chi connectivity index (χ4v) is 3.45. The quantitative estimate of drug-likeness (QED) is 0.844. The molecule has 2 aliphatic heterocycles. The summed E-state index contributed by atoms with van der Waals surface area (Å²) < 4.78 is 13.2. The fourth-order valence-electron chi connectivity index (χ4n) is 3.45. The van der Waals surface area contributed by atoms with Crippen LogP contribution in [-0.2, 0) is 6.54 Å². The molecule has 98 valence electrons. The molecule has 0 radical (unpaired) electrons. The maximum atomic E-state index is 13.2. The van der Waals surface area contributed by atoms with Crippen LogP contribution in [0.1, 0.15) is 31.2 Å². The van der Waals surface area contributed by atoms with Gasteiger partial charge in [-0.25, -0.2) is 4.39 Å². The SMILES string of the molecule is NC1CC2CCC(C1)N2Cc1cc(F)ccc1O. The number of nitrogens with zero attached hydrogens (tertiary/aromatic N) is 1. The molecule has 2 heterocycles. The molecule has 2 fully saturated rings. The van der Waals surface area contributed by atoms with Crippen LogP contribution in [-0.4, -0.2) is 28.1 Å². The molecule has 2 unspecified atom stereocenters. The van der Waals surface area contributed by atoms with E-state index in [9.17, 15) is 9.50 Å². The van der Waals surface area contributed by atoms with Crippen LogP contribution >= 0.6 is 0 Å². The highest BCUT2D eigenvalue weighted by atomic mass is 19.1. The van der Waals surface area contributed by atoms with Crippen molar-refractivity contribution < 1.29 is 9.50 Å². The average Bonchev–Trinajstić information content (AvgIpc) is 2.57. The minimum atomic E-state index is -0.288. The molecule has 1 aromatic rings. The Kier molecular flexibility index (Phi) is 2.99. The van der Waals surface area contributed by atoms with Crippen molar-refractivity contribution in [1.82, 2.24) is 4.90 Å². The number of aromatic hydroxyl groups is 1. The first kappa shape index (κ1) is 11.9. The highest BCUT2D eigenvalue weighted by Gasteiger charge is 2.39. The van der Waals surface area contributed by atoms with E-state index in [0.29, 0.717) is 30.2 Å². The van der Waals surface area contributed by atoms with Crippen LogP contribution in [0.5, 0.6) is 5.75 Å². The van der Waals surface area contributed by atoms with Gasteiger partial charge in [-0.1, -0.05) is 0 Å². The van der Waals surface area contributed by atoms with E-state index in [-0.39, 0.29) is 11.6 Å². The first-order chi connectivity index (χ1) is 8.63. The Labute approximate surface area is 106 Å². The smallest absolute Gasteiger partial charge is 0.123 e. The van der Waals surface area contributed by atoms with Gasteiger partial charge in [-0.2, -0.15) is 0 Å². The standard InChI is InChI=1S/C14H19FN2O/c15-10-1-4-14(18)9(5-10)8-17-12-2-3-13(17)7-11(16)6-12/h1,4-5,11-13,18H,2-3,6-8,16H2. The van der Waals surface area contributed by atoms with Crippen molar-refractivity contribution >= 4 is 0 Å². The summed E-state index contributed by atoms with van der Waals surface area (Å²) in [6.07, 6.45) is 4.39. The molecule has 0 amide bonds. The van der Waals surface area contributed by atoms with Crippen LogP contribution in [0, 0.1) is 5.82 Å². The fraction of sp³-hybridized carbons (Fsp3) is 0.571. The molecule has 3 nitrogen and oxygen atoms in total. The molecule has 4 heteroatoms. The Morgan fingerprint density at radius 2 is 1.94 bits per heavy atom. The van der Waals surface area contributed by atoms with Crippen molar-refractivity contribution in [1.29, 1.82) is 0 Å². The molecule has 2 aliphatic rings. The number of benzene rings is 1. The van der Waals surface area contributed by atoms with Crippen LogP contribution in [0.2, 0.25) is 0 Å². The van der Waals surface area contributed by atoms with Crippen molar-refractivity contribution in [2.45, 2.75) is 50.4 Å². The minimum Gasteiger partial charge on any atom is -0.508 e. The third-order valence-corrected chi connectivity index (χ3v) is 4.32. The zero-order chi connectivity index (χ0) is 12.7. The van der Waals surface area contributed by atoms with Gasteiger partial charge in [0.05, 0.1) is 0 Å². The van der Waals surface area contributed by atoms with Crippen LogP contribution in [0.4, 0.5) is 4.39 Å². The molecule has 2 saturated heterocycles. The van der Waals surface area contributed by atoms with E-state index < -0.39 is 0 Å². The van der Waals surface area contributed by atoms with Crippen LogP contribution < -0.4 is 5.73 Å². The molecular formula is C14H19FN2O. The first-order valence-corrected chi connectivity index (χ1v) is 6.62. The van der Waals surface area contributed by atoms with E-state index in [1.54, 1.807) is 0 Å². The number of phenols is 1. The predicted molar refractivity (Wildman–Crippen MR) is 67.6 cm³/mol. The highest BCUT2D eigenvalue weighted by Crippen LogP contribution is 2.37. The zero-order valence-electron chi connectivity index (χ0n) is 10.3. The molecule has 2 bridgehead atoms. The lowest BCUT2D eigenvalue weighted by Crippen LogP contribution is -2.46. The molecule has 18 heavy (non-hydrogen) atoms. The van der Waals surface area contributed by atoms with Gasteiger partial charge in [0.2, 0.25) is 0 Å². The summed E-state index contributed by atoms with van der Waals surface area (Å²) in [5.74, 6) is -0.102. The number of piperidine rings is 1. The maximum absolute atomic E-state index is 13.2. The lowest BCUT2D eigenvalue weighted by molar-refractivity contribution is 0.119. The van der Waals surface area contributed by atoms with Gasteiger partial charge in [0.15, 0.2) is 0 Å². The average molecular weight is 250 g/mol. The lowest BCUT2D eigenvalue weighted by atomic mass is 9.97. The third kappa shape index (κ3) is 2.10. The van der Waals surface area contributed by atoms with E-state index >= 15 is 0 Å². The second-order valence-corrected chi connectivity index (χ2v) is 5.56. The summed E-state index contributed by atoms with van der Waals surface area (Å²) >= 11 is 0.